The smallest absolute Gasteiger partial charge is 0.326 e. The van der Waals surface area contributed by atoms with E-state index in [-0.39, 0.29) is 0 Å². The van der Waals surface area contributed by atoms with Gasteiger partial charge in [-0.3, -0.25) is 0 Å². The third kappa shape index (κ3) is 2.39. The van der Waals surface area contributed by atoms with Gasteiger partial charge in [0.05, 0.1) is 0 Å². The Balaban J connectivity index is 1.72. The number of carbonyl (C=O) groups is 1. The maximum Gasteiger partial charge on any atom is 0.326 e. The molecule has 1 aliphatic rings. The van der Waals surface area contributed by atoms with Crippen LogP contribution >= 0.6 is 11.3 Å². The molecule has 2 aromatic carbocycles. The Labute approximate surface area is 138 Å². The summed E-state index contributed by atoms with van der Waals surface area (Å²) in [4.78, 5) is 13.7. The number of rotatable bonds is 3. The zero-order valence-corrected chi connectivity index (χ0v) is 13.6. The van der Waals surface area contributed by atoms with E-state index in [4.69, 9.17) is 0 Å². The van der Waals surface area contributed by atoms with Crippen LogP contribution in [0.15, 0.2) is 47.8 Å². The Bertz CT molecular complexity index is 899. The molecule has 0 bridgehead atoms. The molecule has 1 aliphatic heterocycles. The zero-order chi connectivity index (χ0) is 16.0. The van der Waals surface area contributed by atoms with Gasteiger partial charge < -0.3 is 10.0 Å². The number of aryl methyl sites for hydroxylation is 1. The van der Waals surface area contributed by atoms with Gasteiger partial charge in [0.15, 0.2) is 0 Å². The van der Waals surface area contributed by atoms with Crippen molar-refractivity contribution in [1.29, 1.82) is 0 Å². The first-order chi connectivity index (χ1) is 11.1. The number of fused-ring (bicyclic) bond motifs is 2. The van der Waals surface area contributed by atoms with Gasteiger partial charge in [0.2, 0.25) is 0 Å². The second-order valence-electron chi connectivity index (χ2n) is 6.06. The molecule has 1 atom stereocenters. The Kier molecular flexibility index (Phi) is 3.34. The zero-order valence-electron chi connectivity index (χ0n) is 12.8. The van der Waals surface area contributed by atoms with E-state index < -0.39 is 12.0 Å². The lowest BCUT2D eigenvalue weighted by Crippen LogP contribution is -2.38. The average Bonchev–Trinajstić information content (AvgIpc) is 3.10. The summed E-state index contributed by atoms with van der Waals surface area (Å²) in [6.45, 7) is 2.74. The van der Waals surface area contributed by atoms with Gasteiger partial charge >= 0.3 is 5.97 Å². The number of nitrogens with zero attached hydrogens (tertiary/aromatic N) is 1. The predicted octanol–water partition coefficient (Wildman–Crippen LogP) is 4.23. The Morgan fingerprint density at radius 2 is 2.13 bits per heavy atom. The van der Waals surface area contributed by atoms with Crippen LogP contribution in [0.25, 0.3) is 10.1 Å². The quantitative estimate of drug-likeness (QED) is 0.784. The first kappa shape index (κ1) is 14.3. The highest BCUT2D eigenvalue weighted by Crippen LogP contribution is 2.34. The van der Waals surface area contributed by atoms with E-state index in [2.05, 4.69) is 30.5 Å². The highest BCUT2D eigenvalue weighted by Gasteiger charge is 2.34. The first-order valence-electron chi connectivity index (χ1n) is 7.67. The van der Waals surface area contributed by atoms with Crippen LogP contribution in [0.3, 0.4) is 0 Å². The van der Waals surface area contributed by atoms with Crippen molar-refractivity contribution in [3.63, 3.8) is 0 Å². The van der Waals surface area contributed by atoms with Gasteiger partial charge in [-0.2, -0.15) is 0 Å². The van der Waals surface area contributed by atoms with E-state index in [9.17, 15) is 9.90 Å². The van der Waals surface area contributed by atoms with Crippen molar-refractivity contribution in [3.05, 3.63) is 64.5 Å². The van der Waals surface area contributed by atoms with E-state index in [0.717, 1.165) is 16.8 Å². The molecule has 1 unspecified atom stereocenters. The van der Waals surface area contributed by atoms with E-state index in [1.54, 1.807) is 11.3 Å². The topological polar surface area (TPSA) is 40.5 Å². The van der Waals surface area contributed by atoms with Gasteiger partial charge in [0.25, 0.3) is 0 Å². The van der Waals surface area contributed by atoms with Gasteiger partial charge in [-0.05, 0) is 52.6 Å². The summed E-state index contributed by atoms with van der Waals surface area (Å²) in [5.41, 5.74) is 4.60. The molecule has 2 heterocycles. The maximum atomic E-state index is 11.7. The van der Waals surface area contributed by atoms with Gasteiger partial charge in [-0.25, -0.2) is 4.79 Å². The number of carboxylic acid groups (broad SMARTS) is 1. The molecule has 4 rings (SSSR count). The molecule has 0 saturated carbocycles. The molecule has 23 heavy (non-hydrogen) atoms. The number of aliphatic carboxylic acids is 1. The van der Waals surface area contributed by atoms with Crippen LogP contribution < -0.4 is 4.90 Å². The molecule has 116 valence electrons. The van der Waals surface area contributed by atoms with E-state index >= 15 is 0 Å². The number of hydrogen-bond acceptors (Lipinski definition) is 3. The van der Waals surface area contributed by atoms with Crippen LogP contribution in [0, 0.1) is 6.92 Å². The number of carboxylic acids is 1. The number of anilines is 1. The summed E-state index contributed by atoms with van der Waals surface area (Å²) in [5.74, 6) is -0.756. The summed E-state index contributed by atoms with van der Waals surface area (Å²) < 4.78 is 1.28. The molecule has 1 N–H and O–H groups in total. The van der Waals surface area contributed by atoms with Crippen molar-refractivity contribution in [2.24, 2.45) is 0 Å². The second kappa shape index (κ2) is 5.39. The molecule has 0 aliphatic carbocycles. The van der Waals surface area contributed by atoms with E-state index in [1.807, 2.05) is 29.2 Å². The van der Waals surface area contributed by atoms with Crippen molar-refractivity contribution in [3.8, 4) is 0 Å². The molecule has 0 radical (unpaired) electrons. The number of benzene rings is 2. The maximum absolute atomic E-state index is 11.7. The highest BCUT2D eigenvalue weighted by molar-refractivity contribution is 7.17. The molecule has 3 aromatic rings. The Morgan fingerprint density at radius 3 is 2.96 bits per heavy atom. The predicted molar refractivity (Wildman–Crippen MR) is 94.3 cm³/mol. The van der Waals surface area contributed by atoms with Crippen LogP contribution in [0.5, 0.6) is 0 Å². The van der Waals surface area contributed by atoms with Crippen LogP contribution in [-0.2, 0) is 17.8 Å². The molecule has 3 nitrogen and oxygen atoms in total. The monoisotopic (exact) mass is 323 g/mol. The van der Waals surface area contributed by atoms with E-state index in [0.29, 0.717) is 13.0 Å². The largest absolute Gasteiger partial charge is 0.480 e. The lowest BCUT2D eigenvalue weighted by Gasteiger charge is -2.25. The van der Waals surface area contributed by atoms with Crippen molar-refractivity contribution in [2.75, 3.05) is 4.90 Å². The first-order valence-corrected chi connectivity index (χ1v) is 8.55. The minimum absolute atomic E-state index is 0.480. The Morgan fingerprint density at radius 1 is 1.30 bits per heavy atom. The lowest BCUT2D eigenvalue weighted by atomic mass is 10.1. The average molecular weight is 323 g/mol. The molecular weight excluding hydrogens is 306 g/mol. The van der Waals surface area contributed by atoms with Gasteiger partial charge in [-0.15, -0.1) is 11.3 Å². The van der Waals surface area contributed by atoms with Crippen LogP contribution in [-0.4, -0.2) is 17.1 Å². The normalized spacial score (nSPS) is 16.7. The molecule has 1 aromatic heterocycles. The van der Waals surface area contributed by atoms with Gasteiger partial charge in [0, 0.05) is 23.4 Å². The molecule has 4 heteroatoms. The highest BCUT2D eigenvalue weighted by atomic mass is 32.1. The summed E-state index contributed by atoms with van der Waals surface area (Å²) >= 11 is 1.75. The lowest BCUT2D eigenvalue weighted by molar-refractivity contribution is -0.138. The standard InChI is InChI=1S/C19H17NO2S/c1-12-11-23-18-7-6-13(8-15(12)18)10-20-16-5-3-2-4-14(16)9-17(20)19(21)22/h2-8,11,17H,9-10H2,1H3,(H,21,22). The third-order valence-corrected chi connectivity index (χ3v) is 5.64. The van der Waals surface area contributed by atoms with Crippen molar-refractivity contribution in [2.45, 2.75) is 25.9 Å². The fourth-order valence-electron chi connectivity index (χ4n) is 3.36. The molecule has 0 amide bonds. The Hall–Kier alpha value is -2.33. The summed E-state index contributed by atoms with van der Waals surface area (Å²) in [7, 11) is 0. The van der Waals surface area contributed by atoms with Crippen molar-refractivity contribution in [1.82, 2.24) is 0 Å². The summed E-state index contributed by atoms with van der Waals surface area (Å²) in [6, 6.07) is 14.0. The van der Waals surface area contributed by atoms with Crippen LogP contribution in [0.2, 0.25) is 0 Å². The molecule has 0 spiro atoms. The second-order valence-corrected chi connectivity index (χ2v) is 6.98. The van der Waals surface area contributed by atoms with Gasteiger partial charge in [-0.1, -0.05) is 24.3 Å². The summed E-state index contributed by atoms with van der Waals surface area (Å²) in [6.07, 6.45) is 0.575. The number of hydrogen-bond donors (Lipinski definition) is 1. The minimum Gasteiger partial charge on any atom is -0.480 e. The summed E-state index contributed by atoms with van der Waals surface area (Å²) in [5, 5.41) is 13.0. The number of para-hydroxylation sites is 1. The van der Waals surface area contributed by atoms with E-state index in [1.165, 1.54) is 15.6 Å². The van der Waals surface area contributed by atoms with Crippen LogP contribution in [0.1, 0.15) is 16.7 Å². The van der Waals surface area contributed by atoms with Gasteiger partial charge in [0.1, 0.15) is 6.04 Å². The molecular formula is C19H17NO2S. The third-order valence-electron chi connectivity index (χ3n) is 4.56. The van der Waals surface area contributed by atoms with Crippen molar-refractivity contribution < 1.29 is 9.90 Å². The van der Waals surface area contributed by atoms with Crippen molar-refractivity contribution >= 4 is 33.1 Å². The minimum atomic E-state index is -0.756. The fourth-order valence-corrected chi connectivity index (χ4v) is 4.29. The number of thiophene rings is 1. The van der Waals surface area contributed by atoms with Crippen LogP contribution in [0.4, 0.5) is 5.69 Å². The SMILES string of the molecule is Cc1csc2ccc(CN3c4ccccc4CC3C(=O)O)cc12. The molecule has 0 saturated heterocycles. The fraction of sp³-hybridized carbons (Fsp3) is 0.211. The molecule has 0 fully saturated rings.